The number of thioether (sulfide) groups is 1. The van der Waals surface area contributed by atoms with Crippen molar-refractivity contribution in [1.82, 2.24) is 9.97 Å². The SMILES string of the molecule is COc1ccc(CCSc2ncccn2)cc1. The van der Waals surface area contributed by atoms with E-state index in [9.17, 15) is 0 Å². The second kappa shape index (κ2) is 6.25. The monoisotopic (exact) mass is 246 g/mol. The topological polar surface area (TPSA) is 35.0 Å². The molecular weight excluding hydrogens is 232 g/mol. The zero-order valence-electron chi connectivity index (χ0n) is 9.67. The molecule has 17 heavy (non-hydrogen) atoms. The minimum atomic E-state index is 0.834. The number of aryl methyl sites for hydroxylation is 1. The lowest BCUT2D eigenvalue weighted by atomic mass is 10.2. The van der Waals surface area contributed by atoms with Crippen LogP contribution in [0.5, 0.6) is 5.75 Å². The van der Waals surface area contributed by atoms with Gasteiger partial charge in [-0.1, -0.05) is 23.9 Å². The normalized spacial score (nSPS) is 10.2. The summed E-state index contributed by atoms with van der Waals surface area (Å²) in [4.78, 5) is 8.34. The maximum Gasteiger partial charge on any atom is 0.187 e. The van der Waals surface area contributed by atoms with Gasteiger partial charge in [-0.15, -0.1) is 0 Å². The summed E-state index contributed by atoms with van der Waals surface area (Å²) in [6, 6.07) is 9.97. The van der Waals surface area contributed by atoms with Crippen LogP contribution in [0.4, 0.5) is 0 Å². The lowest BCUT2D eigenvalue weighted by molar-refractivity contribution is 0.414. The zero-order chi connectivity index (χ0) is 11.9. The van der Waals surface area contributed by atoms with E-state index in [4.69, 9.17) is 4.74 Å². The van der Waals surface area contributed by atoms with E-state index in [2.05, 4.69) is 22.1 Å². The number of nitrogens with zero attached hydrogens (tertiary/aromatic N) is 2. The molecule has 2 aromatic rings. The molecule has 0 aliphatic heterocycles. The Kier molecular flexibility index (Phi) is 4.38. The van der Waals surface area contributed by atoms with Crippen LogP contribution in [0.15, 0.2) is 47.9 Å². The Balaban J connectivity index is 1.82. The van der Waals surface area contributed by atoms with E-state index in [1.54, 1.807) is 31.3 Å². The third-order valence-corrected chi connectivity index (χ3v) is 3.20. The van der Waals surface area contributed by atoms with Crippen molar-refractivity contribution in [2.24, 2.45) is 0 Å². The second-order valence-corrected chi connectivity index (χ2v) is 4.54. The van der Waals surface area contributed by atoms with Crippen molar-refractivity contribution in [1.29, 1.82) is 0 Å². The summed E-state index contributed by atoms with van der Waals surface area (Å²) in [6.45, 7) is 0. The summed E-state index contributed by atoms with van der Waals surface area (Å²) in [5.74, 6) is 1.88. The largest absolute Gasteiger partial charge is 0.497 e. The Morgan fingerprint density at radius 3 is 2.47 bits per heavy atom. The van der Waals surface area contributed by atoms with Gasteiger partial charge < -0.3 is 4.74 Å². The van der Waals surface area contributed by atoms with Crippen molar-refractivity contribution in [3.8, 4) is 5.75 Å². The van der Waals surface area contributed by atoms with Crippen LogP contribution in [0.25, 0.3) is 0 Å². The van der Waals surface area contributed by atoms with E-state index in [1.807, 2.05) is 18.2 Å². The highest BCUT2D eigenvalue weighted by Gasteiger charge is 1.98. The van der Waals surface area contributed by atoms with Crippen LogP contribution >= 0.6 is 11.8 Å². The van der Waals surface area contributed by atoms with E-state index in [-0.39, 0.29) is 0 Å². The summed E-state index contributed by atoms with van der Waals surface area (Å²) in [7, 11) is 1.68. The number of rotatable bonds is 5. The van der Waals surface area contributed by atoms with Crippen LogP contribution in [0, 0.1) is 0 Å². The van der Waals surface area contributed by atoms with Crippen molar-refractivity contribution < 1.29 is 4.74 Å². The zero-order valence-corrected chi connectivity index (χ0v) is 10.5. The Hall–Kier alpha value is -1.55. The first-order valence-corrected chi connectivity index (χ1v) is 6.40. The van der Waals surface area contributed by atoms with Gasteiger partial charge in [-0.05, 0) is 30.2 Å². The van der Waals surface area contributed by atoms with Gasteiger partial charge in [0.1, 0.15) is 5.75 Å². The summed E-state index contributed by atoms with van der Waals surface area (Å²) in [5.41, 5.74) is 1.30. The van der Waals surface area contributed by atoms with Gasteiger partial charge in [0.25, 0.3) is 0 Å². The molecule has 1 heterocycles. The molecule has 0 saturated heterocycles. The Bertz CT molecular complexity index is 445. The average Bonchev–Trinajstić information content (AvgIpc) is 2.41. The van der Waals surface area contributed by atoms with E-state index in [1.165, 1.54) is 5.56 Å². The minimum Gasteiger partial charge on any atom is -0.497 e. The smallest absolute Gasteiger partial charge is 0.187 e. The van der Waals surface area contributed by atoms with Crippen molar-refractivity contribution >= 4 is 11.8 Å². The molecule has 0 aliphatic carbocycles. The van der Waals surface area contributed by atoms with Gasteiger partial charge in [0, 0.05) is 18.1 Å². The molecule has 4 heteroatoms. The molecule has 88 valence electrons. The van der Waals surface area contributed by atoms with Crippen LogP contribution < -0.4 is 4.74 Å². The Morgan fingerprint density at radius 1 is 1.12 bits per heavy atom. The molecule has 0 N–H and O–H groups in total. The summed E-state index contributed by atoms with van der Waals surface area (Å²) in [6.07, 6.45) is 4.54. The molecule has 0 atom stereocenters. The van der Waals surface area contributed by atoms with Gasteiger partial charge in [-0.3, -0.25) is 0 Å². The number of hydrogen-bond donors (Lipinski definition) is 0. The Labute approximate surface area is 105 Å². The molecular formula is C13H14N2OS. The molecule has 3 nitrogen and oxygen atoms in total. The number of ether oxygens (including phenoxy) is 1. The summed E-state index contributed by atoms with van der Waals surface area (Å²) < 4.78 is 5.12. The van der Waals surface area contributed by atoms with Gasteiger partial charge in [-0.25, -0.2) is 9.97 Å². The van der Waals surface area contributed by atoms with Crippen molar-refractivity contribution in [3.05, 3.63) is 48.3 Å². The molecule has 0 fully saturated rings. The summed E-state index contributed by atoms with van der Waals surface area (Å²) >= 11 is 1.67. The molecule has 1 aromatic carbocycles. The van der Waals surface area contributed by atoms with Gasteiger partial charge in [-0.2, -0.15) is 0 Å². The van der Waals surface area contributed by atoms with Crippen LogP contribution in [0.1, 0.15) is 5.56 Å². The maximum atomic E-state index is 5.12. The van der Waals surface area contributed by atoms with Crippen LogP contribution in [0.2, 0.25) is 0 Å². The van der Waals surface area contributed by atoms with Gasteiger partial charge in [0.05, 0.1) is 7.11 Å². The molecule has 0 bridgehead atoms. The highest BCUT2D eigenvalue weighted by Crippen LogP contribution is 2.16. The fourth-order valence-electron chi connectivity index (χ4n) is 1.41. The minimum absolute atomic E-state index is 0.834. The lowest BCUT2D eigenvalue weighted by Crippen LogP contribution is -1.91. The van der Waals surface area contributed by atoms with E-state index in [0.29, 0.717) is 0 Å². The van der Waals surface area contributed by atoms with Crippen LogP contribution in [-0.2, 0) is 6.42 Å². The first-order chi connectivity index (χ1) is 8.38. The Morgan fingerprint density at radius 2 is 1.82 bits per heavy atom. The third-order valence-electron chi connectivity index (χ3n) is 2.32. The highest BCUT2D eigenvalue weighted by molar-refractivity contribution is 7.99. The number of benzene rings is 1. The second-order valence-electron chi connectivity index (χ2n) is 3.48. The molecule has 0 aliphatic rings. The highest BCUT2D eigenvalue weighted by atomic mass is 32.2. The number of methoxy groups -OCH3 is 1. The van der Waals surface area contributed by atoms with E-state index in [0.717, 1.165) is 23.1 Å². The molecule has 0 saturated carbocycles. The molecule has 0 radical (unpaired) electrons. The molecule has 1 aromatic heterocycles. The van der Waals surface area contributed by atoms with E-state index < -0.39 is 0 Å². The molecule has 2 rings (SSSR count). The maximum absolute atomic E-state index is 5.12. The first-order valence-electron chi connectivity index (χ1n) is 5.41. The molecule has 0 amide bonds. The molecule has 0 unspecified atom stereocenters. The lowest BCUT2D eigenvalue weighted by Gasteiger charge is -2.03. The van der Waals surface area contributed by atoms with Crippen molar-refractivity contribution in [2.45, 2.75) is 11.6 Å². The van der Waals surface area contributed by atoms with Crippen molar-refractivity contribution in [2.75, 3.05) is 12.9 Å². The van der Waals surface area contributed by atoms with Crippen LogP contribution in [0.3, 0.4) is 0 Å². The third kappa shape index (κ3) is 3.75. The quantitative estimate of drug-likeness (QED) is 0.600. The van der Waals surface area contributed by atoms with Gasteiger partial charge in [0.2, 0.25) is 0 Å². The van der Waals surface area contributed by atoms with Gasteiger partial charge >= 0.3 is 0 Å². The predicted molar refractivity (Wildman–Crippen MR) is 69.5 cm³/mol. The standard InChI is InChI=1S/C13H14N2OS/c1-16-12-5-3-11(4-6-12)7-10-17-13-14-8-2-9-15-13/h2-6,8-9H,7,10H2,1H3. The first kappa shape index (κ1) is 11.9. The number of hydrogen-bond acceptors (Lipinski definition) is 4. The fourth-order valence-corrected chi connectivity index (χ4v) is 2.20. The van der Waals surface area contributed by atoms with Gasteiger partial charge in [0.15, 0.2) is 5.16 Å². The average molecular weight is 246 g/mol. The fraction of sp³-hybridized carbons (Fsp3) is 0.231. The predicted octanol–water partition coefficient (Wildman–Crippen LogP) is 2.82. The van der Waals surface area contributed by atoms with Crippen molar-refractivity contribution in [3.63, 3.8) is 0 Å². The number of aromatic nitrogens is 2. The molecule has 0 spiro atoms. The van der Waals surface area contributed by atoms with Crippen LogP contribution in [-0.4, -0.2) is 22.8 Å². The summed E-state index contributed by atoms with van der Waals surface area (Å²) in [5, 5.41) is 0.834. The van der Waals surface area contributed by atoms with E-state index >= 15 is 0 Å².